The van der Waals surface area contributed by atoms with Crippen LogP contribution < -0.4 is 4.90 Å². The van der Waals surface area contributed by atoms with E-state index in [1.165, 1.54) is 12.1 Å². The Hall–Kier alpha value is -2.27. The minimum atomic E-state index is -4.60. The van der Waals surface area contributed by atoms with E-state index >= 15 is 0 Å². The molecule has 152 valence electrons. The zero-order valence-corrected chi connectivity index (χ0v) is 16.0. The van der Waals surface area contributed by atoms with Gasteiger partial charge in [-0.1, -0.05) is 13.8 Å². The number of aliphatic hydroxyl groups excluding tert-OH is 1. The molecule has 0 saturated carbocycles. The van der Waals surface area contributed by atoms with Gasteiger partial charge < -0.3 is 14.9 Å². The van der Waals surface area contributed by atoms with E-state index in [1.54, 1.807) is 11.0 Å². The van der Waals surface area contributed by atoms with Crippen molar-refractivity contribution in [3.63, 3.8) is 0 Å². The zero-order chi connectivity index (χ0) is 20.7. The average molecular weight is 395 g/mol. The Labute approximate surface area is 162 Å². The Morgan fingerprint density at radius 1 is 1.39 bits per heavy atom. The quantitative estimate of drug-likeness (QED) is 0.855. The lowest BCUT2D eigenvalue weighted by molar-refractivity contribution is -0.137. The topological polar surface area (TPSA) is 67.6 Å². The molecular weight excluding hydrogens is 371 g/mol. The van der Waals surface area contributed by atoms with Crippen molar-refractivity contribution in [3.8, 4) is 6.07 Å². The molecule has 1 amide bonds. The number of amides is 1. The van der Waals surface area contributed by atoms with Crippen molar-refractivity contribution in [2.45, 2.75) is 26.4 Å². The number of carbonyl (C=O) groups excluding carboxylic acids is 1. The van der Waals surface area contributed by atoms with Gasteiger partial charge >= 0.3 is 6.18 Å². The van der Waals surface area contributed by atoms with Crippen LogP contribution in [-0.4, -0.2) is 48.7 Å². The Morgan fingerprint density at radius 2 is 2.11 bits per heavy atom. The van der Waals surface area contributed by atoms with Gasteiger partial charge in [-0.3, -0.25) is 4.79 Å². The number of benzene rings is 1. The minimum Gasteiger partial charge on any atom is -0.396 e. The standard InChI is InChI=1S/C20H24F3N3O2/c1-13(2)18(28)26-10-15-9-25(6-5-19(15,11-26)12-27)16-4-3-14(8-24)17(7-16)20(21,22)23/h3-4,7,13,15,27H,5-6,9-12H2,1-2H3/t15-,19+/m1/s1. The highest BCUT2D eigenvalue weighted by Gasteiger charge is 2.50. The van der Waals surface area contributed by atoms with Gasteiger partial charge in [0.2, 0.25) is 5.91 Å². The summed E-state index contributed by atoms with van der Waals surface area (Å²) in [6.45, 7) is 5.55. The van der Waals surface area contributed by atoms with Crippen LogP contribution in [-0.2, 0) is 11.0 Å². The molecule has 8 heteroatoms. The van der Waals surface area contributed by atoms with E-state index in [1.807, 2.05) is 18.7 Å². The van der Waals surface area contributed by atoms with Crippen molar-refractivity contribution >= 4 is 11.6 Å². The number of hydrogen-bond donors (Lipinski definition) is 1. The molecule has 1 aromatic carbocycles. The Bertz CT molecular complexity index is 803. The molecule has 0 radical (unpaired) electrons. The molecule has 2 aliphatic rings. The number of rotatable bonds is 3. The maximum Gasteiger partial charge on any atom is 0.417 e. The summed E-state index contributed by atoms with van der Waals surface area (Å²) in [6, 6.07) is 5.36. The highest BCUT2D eigenvalue weighted by Crippen LogP contribution is 2.44. The summed E-state index contributed by atoms with van der Waals surface area (Å²) in [4.78, 5) is 16.0. The number of anilines is 1. The van der Waals surface area contributed by atoms with Gasteiger partial charge in [-0.15, -0.1) is 0 Å². The van der Waals surface area contributed by atoms with Crippen LogP contribution in [0.15, 0.2) is 18.2 Å². The molecular formula is C20H24F3N3O2. The summed E-state index contributed by atoms with van der Waals surface area (Å²) >= 11 is 0. The first kappa shape index (κ1) is 20.5. The van der Waals surface area contributed by atoms with Gasteiger partial charge in [0.15, 0.2) is 0 Å². The Kier molecular flexibility index (Phi) is 5.32. The zero-order valence-electron chi connectivity index (χ0n) is 16.0. The van der Waals surface area contributed by atoms with E-state index < -0.39 is 22.7 Å². The smallest absolute Gasteiger partial charge is 0.396 e. The van der Waals surface area contributed by atoms with Crippen LogP contribution in [0.2, 0.25) is 0 Å². The van der Waals surface area contributed by atoms with Crippen LogP contribution in [0, 0.1) is 28.6 Å². The van der Waals surface area contributed by atoms with E-state index in [2.05, 4.69) is 0 Å². The van der Waals surface area contributed by atoms with Gasteiger partial charge in [0, 0.05) is 49.1 Å². The Morgan fingerprint density at radius 3 is 2.68 bits per heavy atom. The number of piperidine rings is 1. The SMILES string of the molecule is CC(C)C(=O)N1C[C@H]2CN(c3ccc(C#N)c(C(F)(F)F)c3)CC[C@@]2(CO)C1. The van der Waals surface area contributed by atoms with Crippen LogP contribution in [0.4, 0.5) is 18.9 Å². The molecule has 2 saturated heterocycles. The first-order valence-corrected chi connectivity index (χ1v) is 9.37. The highest BCUT2D eigenvalue weighted by molar-refractivity contribution is 5.78. The summed E-state index contributed by atoms with van der Waals surface area (Å²) in [5.74, 6) is -0.120. The van der Waals surface area contributed by atoms with Gasteiger partial charge in [0.05, 0.1) is 23.8 Å². The van der Waals surface area contributed by atoms with Gasteiger partial charge in [-0.2, -0.15) is 18.4 Å². The van der Waals surface area contributed by atoms with Crippen molar-refractivity contribution in [2.24, 2.45) is 17.3 Å². The number of nitriles is 1. The van der Waals surface area contributed by atoms with E-state index in [0.717, 1.165) is 6.07 Å². The lowest BCUT2D eigenvalue weighted by Crippen LogP contribution is -2.49. The lowest BCUT2D eigenvalue weighted by Gasteiger charge is -2.43. The summed E-state index contributed by atoms with van der Waals surface area (Å²) in [7, 11) is 0. The number of nitrogens with zero attached hydrogens (tertiary/aromatic N) is 3. The maximum atomic E-state index is 13.3. The molecule has 0 aliphatic carbocycles. The molecule has 5 nitrogen and oxygen atoms in total. The number of aliphatic hydroxyl groups is 1. The summed E-state index contributed by atoms with van der Waals surface area (Å²) in [5.41, 5.74) is -1.32. The largest absolute Gasteiger partial charge is 0.417 e. The minimum absolute atomic E-state index is 0.0149. The van der Waals surface area contributed by atoms with Gasteiger partial charge in [0.1, 0.15) is 0 Å². The molecule has 0 bridgehead atoms. The van der Waals surface area contributed by atoms with Crippen LogP contribution in [0.3, 0.4) is 0 Å². The normalized spacial score (nSPS) is 25.0. The second kappa shape index (κ2) is 7.28. The second-order valence-corrected chi connectivity index (χ2v) is 8.13. The van der Waals surface area contributed by atoms with Crippen LogP contribution in [0.25, 0.3) is 0 Å². The molecule has 28 heavy (non-hydrogen) atoms. The molecule has 1 N–H and O–H groups in total. The molecule has 2 atom stereocenters. The second-order valence-electron chi connectivity index (χ2n) is 8.13. The van der Waals surface area contributed by atoms with Gasteiger partial charge in [-0.05, 0) is 24.6 Å². The first-order valence-electron chi connectivity index (χ1n) is 9.37. The van der Waals surface area contributed by atoms with Crippen molar-refractivity contribution in [1.82, 2.24) is 4.90 Å². The monoisotopic (exact) mass is 395 g/mol. The van der Waals surface area contributed by atoms with Crippen molar-refractivity contribution in [1.29, 1.82) is 5.26 Å². The van der Waals surface area contributed by atoms with Gasteiger partial charge in [-0.25, -0.2) is 0 Å². The lowest BCUT2D eigenvalue weighted by atomic mass is 9.73. The number of carbonyl (C=O) groups is 1. The molecule has 2 aliphatic heterocycles. The van der Waals surface area contributed by atoms with E-state index in [4.69, 9.17) is 5.26 Å². The van der Waals surface area contributed by atoms with Gasteiger partial charge in [0.25, 0.3) is 0 Å². The van der Waals surface area contributed by atoms with E-state index in [-0.39, 0.29) is 24.3 Å². The fourth-order valence-electron chi connectivity index (χ4n) is 4.37. The number of likely N-dealkylation sites (tertiary alicyclic amines) is 1. The van der Waals surface area contributed by atoms with Crippen LogP contribution >= 0.6 is 0 Å². The Balaban J connectivity index is 1.85. The highest BCUT2D eigenvalue weighted by atomic mass is 19.4. The first-order chi connectivity index (χ1) is 13.1. The summed E-state index contributed by atoms with van der Waals surface area (Å²) < 4.78 is 39.8. The molecule has 0 spiro atoms. The van der Waals surface area contributed by atoms with Crippen molar-refractivity contribution in [3.05, 3.63) is 29.3 Å². The van der Waals surface area contributed by atoms with Crippen molar-refractivity contribution < 1.29 is 23.1 Å². The van der Waals surface area contributed by atoms with Crippen molar-refractivity contribution in [2.75, 3.05) is 37.7 Å². The molecule has 1 aromatic rings. The molecule has 0 unspecified atom stereocenters. The number of halogens is 3. The molecule has 0 aromatic heterocycles. The predicted octanol–water partition coefficient (Wildman–Crippen LogP) is 2.88. The molecule has 2 heterocycles. The average Bonchev–Trinajstić information content (AvgIpc) is 3.05. The van der Waals surface area contributed by atoms with Crippen LogP contribution in [0.1, 0.15) is 31.4 Å². The summed E-state index contributed by atoms with van der Waals surface area (Å²) in [6.07, 6.45) is -4.00. The fourth-order valence-corrected chi connectivity index (χ4v) is 4.37. The number of hydrogen-bond acceptors (Lipinski definition) is 4. The van der Waals surface area contributed by atoms with E-state index in [0.29, 0.717) is 38.3 Å². The fraction of sp³-hybridized carbons (Fsp3) is 0.600. The third kappa shape index (κ3) is 3.55. The number of alkyl halides is 3. The third-order valence-electron chi connectivity index (χ3n) is 6.05. The third-order valence-corrected chi connectivity index (χ3v) is 6.05. The molecule has 3 rings (SSSR count). The maximum absolute atomic E-state index is 13.3. The van der Waals surface area contributed by atoms with E-state index in [9.17, 15) is 23.1 Å². The summed E-state index contributed by atoms with van der Waals surface area (Å²) in [5, 5.41) is 19.0. The molecule has 2 fully saturated rings. The predicted molar refractivity (Wildman–Crippen MR) is 97.4 cm³/mol. The van der Waals surface area contributed by atoms with Crippen LogP contribution in [0.5, 0.6) is 0 Å². The number of fused-ring (bicyclic) bond motifs is 1.